The molecule has 3 nitrogen and oxygen atoms in total. The summed E-state index contributed by atoms with van der Waals surface area (Å²) in [5.74, 6) is 3.50. The molecule has 0 bridgehead atoms. The summed E-state index contributed by atoms with van der Waals surface area (Å²) >= 11 is 0. The van der Waals surface area contributed by atoms with E-state index in [4.69, 9.17) is 9.47 Å². The van der Waals surface area contributed by atoms with Crippen LogP contribution >= 0.6 is 0 Å². The van der Waals surface area contributed by atoms with E-state index in [0.29, 0.717) is 0 Å². The van der Waals surface area contributed by atoms with Crippen molar-refractivity contribution in [3.8, 4) is 11.5 Å². The summed E-state index contributed by atoms with van der Waals surface area (Å²) in [6.45, 7) is 13.0. The van der Waals surface area contributed by atoms with Gasteiger partial charge in [0.1, 0.15) is 0 Å². The van der Waals surface area contributed by atoms with E-state index >= 15 is 0 Å². The first kappa shape index (κ1) is 26.8. The predicted molar refractivity (Wildman–Crippen MR) is 124 cm³/mol. The van der Waals surface area contributed by atoms with E-state index in [1.54, 1.807) is 14.2 Å². The Balaban J connectivity index is 0.00000133. The standard InChI is InChI=1S/C20H33NO2.C3H8.C2H6/c1-16-7-9-18(10-8-16)15-21-13-5-4-6-17-11-12-19(22-2)20(14-17)23-3;1-3-2;1-2/h11-12,14,16,18,21H,4-10,13,15H2,1-3H3;3H2,1-2H3;1-2H3. The van der Waals surface area contributed by atoms with Gasteiger partial charge in [-0.2, -0.15) is 0 Å². The highest BCUT2D eigenvalue weighted by molar-refractivity contribution is 5.42. The molecule has 1 aliphatic carbocycles. The quantitative estimate of drug-likeness (QED) is 0.464. The predicted octanol–water partition coefficient (Wildman–Crippen LogP) is 6.88. The Morgan fingerprint density at radius 2 is 1.54 bits per heavy atom. The maximum atomic E-state index is 5.36. The van der Waals surface area contributed by atoms with E-state index in [1.165, 1.54) is 57.1 Å². The molecular formula is C25H47NO2. The van der Waals surface area contributed by atoms with Gasteiger partial charge in [-0.3, -0.25) is 0 Å². The van der Waals surface area contributed by atoms with Gasteiger partial charge in [0.05, 0.1) is 14.2 Å². The molecule has 0 aromatic heterocycles. The normalized spacial score (nSPS) is 18.2. The van der Waals surface area contributed by atoms with Crippen LogP contribution in [0.1, 0.15) is 85.1 Å². The Bertz CT molecular complexity index is 468. The van der Waals surface area contributed by atoms with Crippen LogP contribution in [0.5, 0.6) is 11.5 Å². The molecule has 2 rings (SSSR count). The first-order valence-electron chi connectivity index (χ1n) is 11.6. The average Bonchev–Trinajstić information content (AvgIpc) is 2.73. The number of ether oxygens (including phenoxy) is 2. The fourth-order valence-electron chi connectivity index (χ4n) is 3.45. The Labute approximate surface area is 175 Å². The molecule has 0 unspecified atom stereocenters. The number of methoxy groups -OCH3 is 2. The zero-order valence-electron chi connectivity index (χ0n) is 19.8. The van der Waals surface area contributed by atoms with Crippen molar-refractivity contribution in [1.29, 1.82) is 0 Å². The summed E-state index contributed by atoms with van der Waals surface area (Å²) in [5, 5.41) is 3.65. The second-order valence-electron chi connectivity index (χ2n) is 7.68. The molecule has 1 N–H and O–H groups in total. The maximum Gasteiger partial charge on any atom is 0.160 e. The molecule has 164 valence electrons. The van der Waals surface area contributed by atoms with Gasteiger partial charge in [-0.15, -0.1) is 0 Å². The molecule has 1 saturated carbocycles. The Hall–Kier alpha value is -1.22. The highest BCUT2D eigenvalue weighted by atomic mass is 16.5. The zero-order valence-corrected chi connectivity index (χ0v) is 19.8. The lowest BCUT2D eigenvalue weighted by atomic mass is 9.83. The Morgan fingerprint density at radius 3 is 2.11 bits per heavy atom. The number of hydrogen-bond acceptors (Lipinski definition) is 3. The van der Waals surface area contributed by atoms with Crippen LogP contribution in [0, 0.1) is 11.8 Å². The van der Waals surface area contributed by atoms with Crippen molar-refractivity contribution in [2.24, 2.45) is 11.8 Å². The van der Waals surface area contributed by atoms with Gasteiger partial charge in [-0.05, 0) is 74.7 Å². The first-order valence-corrected chi connectivity index (χ1v) is 11.6. The minimum absolute atomic E-state index is 0.805. The van der Waals surface area contributed by atoms with Gasteiger partial charge in [0.25, 0.3) is 0 Å². The number of rotatable bonds is 9. The third kappa shape index (κ3) is 11.6. The summed E-state index contributed by atoms with van der Waals surface area (Å²) < 4.78 is 10.6. The van der Waals surface area contributed by atoms with Crippen LogP contribution < -0.4 is 14.8 Å². The van der Waals surface area contributed by atoms with Crippen molar-refractivity contribution >= 4 is 0 Å². The largest absolute Gasteiger partial charge is 0.493 e. The molecule has 0 spiro atoms. The smallest absolute Gasteiger partial charge is 0.160 e. The van der Waals surface area contributed by atoms with Gasteiger partial charge < -0.3 is 14.8 Å². The molecule has 1 aromatic carbocycles. The topological polar surface area (TPSA) is 30.5 Å². The molecule has 0 amide bonds. The van der Waals surface area contributed by atoms with E-state index in [0.717, 1.165) is 36.3 Å². The highest BCUT2D eigenvalue weighted by Gasteiger charge is 2.17. The molecule has 1 aliphatic rings. The van der Waals surface area contributed by atoms with Gasteiger partial charge >= 0.3 is 0 Å². The Morgan fingerprint density at radius 1 is 0.929 bits per heavy atom. The van der Waals surface area contributed by atoms with E-state index < -0.39 is 0 Å². The lowest BCUT2D eigenvalue weighted by Gasteiger charge is -2.26. The molecule has 1 aromatic rings. The fraction of sp³-hybridized carbons (Fsp3) is 0.760. The third-order valence-corrected chi connectivity index (χ3v) is 5.09. The summed E-state index contributed by atoms with van der Waals surface area (Å²) in [6, 6.07) is 6.23. The van der Waals surface area contributed by atoms with Crippen molar-refractivity contribution in [3.63, 3.8) is 0 Å². The molecule has 3 heteroatoms. The van der Waals surface area contributed by atoms with E-state index in [1.807, 2.05) is 19.9 Å². The van der Waals surface area contributed by atoms with Crippen LogP contribution in [-0.4, -0.2) is 27.3 Å². The number of benzene rings is 1. The lowest BCUT2D eigenvalue weighted by molar-refractivity contribution is 0.281. The molecule has 0 radical (unpaired) electrons. The summed E-state index contributed by atoms with van der Waals surface area (Å²) in [6.07, 6.45) is 10.5. The summed E-state index contributed by atoms with van der Waals surface area (Å²) in [4.78, 5) is 0. The number of unbranched alkanes of at least 4 members (excludes halogenated alkanes) is 1. The van der Waals surface area contributed by atoms with Gasteiger partial charge in [0.15, 0.2) is 11.5 Å². The van der Waals surface area contributed by atoms with E-state index in [9.17, 15) is 0 Å². The van der Waals surface area contributed by atoms with Crippen LogP contribution in [0.15, 0.2) is 18.2 Å². The van der Waals surface area contributed by atoms with Gasteiger partial charge in [-0.25, -0.2) is 0 Å². The van der Waals surface area contributed by atoms with Crippen molar-refractivity contribution in [2.45, 2.75) is 86.0 Å². The summed E-state index contributed by atoms with van der Waals surface area (Å²) in [5.41, 5.74) is 1.32. The Kier molecular flexibility index (Phi) is 17.1. The molecule has 0 heterocycles. The molecular weight excluding hydrogens is 346 g/mol. The first-order chi connectivity index (χ1) is 13.6. The molecule has 1 fully saturated rings. The minimum atomic E-state index is 0.805. The average molecular weight is 394 g/mol. The molecule has 0 saturated heterocycles. The van der Waals surface area contributed by atoms with E-state index in [-0.39, 0.29) is 0 Å². The monoisotopic (exact) mass is 393 g/mol. The molecule has 28 heavy (non-hydrogen) atoms. The van der Waals surface area contributed by atoms with Crippen molar-refractivity contribution in [1.82, 2.24) is 5.32 Å². The minimum Gasteiger partial charge on any atom is -0.493 e. The van der Waals surface area contributed by atoms with Crippen molar-refractivity contribution in [3.05, 3.63) is 23.8 Å². The molecule has 0 aliphatic heterocycles. The van der Waals surface area contributed by atoms with E-state index in [2.05, 4.69) is 38.2 Å². The third-order valence-electron chi connectivity index (χ3n) is 5.09. The number of nitrogens with one attached hydrogen (secondary N) is 1. The fourth-order valence-corrected chi connectivity index (χ4v) is 3.45. The van der Waals surface area contributed by atoms with Crippen LogP contribution in [0.2, 0.25) is 0 Å². The zero-order chi connectivity index (χ0) is 21.2. The number of hydrogen-bond donors (Lipinski definition) is 1. The second-order valence-corrected chi connectivity index (χ2v) is 7.68. The summed E-state index contributed by atoms with van der Waals surface area (Å²) in [7, 11) is 3.37. The van der Waals surface area contributed by atoms with Crippen LogP contribution in [0.3, 0.4) is 0 Å². The van der Waals surface area contributed by atoms with Gasteiger partial charge in [0, 0.05) is 0 Å². The second kappa shape index (κ2) is 17.8. The maximum absolute atomic E-state index is 5.36. The van der Waals surface area contributed by atoms with Gasteiger partial charge in [-0.1, -0.05) is 59.9 Å². The SMILES string of the molecule is CC.CCC.COc1ccc(CCCCNCC2CCC(C)CC2)cc1OC. The van der Waals surface area contributed by atoms with Crippen molar-refractivity contribution in [2.75, 3.05) is 27.3 Å². The van der Waals surface area contributed by atoms with Crippen LogP contribution in [0.25, 0.3) is 0 Å². The lowest BCUT2D eigenvalue weighted by Crippen LogP contribution is -2.26. The van der Waals surface area contributed by atoms with Crippen LogP contribution in [0.4, 0.5) is 0 Å². The van der Waals surface area contributed by atoms with Crippen molar-refractivity contribution < 1.29 is 9.47 Å². The highest BCUT2D eigenvalue weighted by Crippen LogP contribution is 2.28. The number of aryl methyl sites for hydroxylation is 1. The molecule has 0 atom stereocenters. The van der Waals surface area contributed by atoms with Crippen LogP contribution in [-0.2, 0) is 6.42 Å². The van der Waals surface area contributed by atoms with Gasteiger partial charge in [0.2, 0.25) is 0 Å².